The van der Waals surface area contributed by atoms with E-state index in [9.17, 15) is 20.4 Å². The van der Waals surface area contributed by atoms with Crippen molar-refractivity contribution in [2.45, 2.75) is 136 Å². The molecule has 0 aromatic rings. The molecule has 1 unspecified atom stereocenters. The molecule has 4 saturated carbocycles. The maximum atomic E-state index is 11.8. The summed E-state index contributed by atoms with van der Waals surface area (Å²) in [5.41, 5.74) is -1.40. The zero-order valence-electron chi connectivity index (χ0n) is 22.6. The van der Waals surface area contributed by atoms with Gasteiger partial charge in [-0.1, -0.05) is 34.6 Å². The Balaban J connectivity index is 1.48. The number of fused-ring (bicyclic) bond motifs is 5. The summed E-state index contributed by atoms with van der Waals surface area (Å²) in [6, 6.07) is 0. The molecule has 0 aromatic heterocycles. The van der Waals surface area contributed by atoms with Gasteiger partial charge in [0.05, 0.1) is 36.1 Å². The van der Waals surface area contributed by atoms with E-state index < -0.39 is 11.7 Å². The molecule has 34 heavy (non-hydrogen) atoms. The Kier molecular flexibility index (Phi) is 5.73. The quantitative estimate of drug-likeness (QED) is 0.475. The molecule has 12 atom stereocenters. The molecule has 4 aliphatic carbocycles. The zero-order valence-corrected chi connectivity index (χ0v) is 22.6. The molecule has 0 amide bonds. The number of hydrogen-bond acceptors (Lipinski definition) is 5. The molecule has 196 valence electrons. The molecule has 0 aromatic carbocycles. The Bertz CT molecular complexity index is 805. The van der Waals surface area contributed by atoms with Gasteiger partial charge in [0, 0.05) is 0 Å². The van der Waals surface area contributed by atoms with Crippen LogP contribution in [0.25, 0.3) is 0 Å². The van der Waals surface area contributed by atoms with Crippen molar-refractivity contribution in [1.29, 1.82) is 0 Å². The predicted molar refractivity (Wildman–Crippen MR) is 132 cm³/mol. The molecule has 1 aliphatic heterocycles. The second-order valence-electron chi connectivity index (χ2n) is 14.9. The molecule has 0 radical (unpaired) electrons. The second kappa shape index (κ2) is 7.66. The third-order valence-corrected chi connectivity index (χ3v) is 12.6. The molecule has 1 saturated heterocycles. The third kappa shape index (κ3) is 3.22. The molecule has 0 bridgehead atoms. The normalized spacial score (nSPS) is 57.1. The minimum absolute atomic E-state index is 0.0390. The third-order valence-electron chi connectivity index (χ3n) is 12.6. The molecule has 1 heterocycles. The summed E-state index contributed by atoms with van der Waals surface area (Å²) < 4.78 is 6.45. The number of aliphatic hydroxyl groups excluding tert-OH is 3. The van der Waals surface area contributed by atoms with Crippen LogP contribution in [0.3, 0.4) is 0 Å². The van der Waals surface area contributed by atoms with Crippen molar-refractivity contribution < 1.29 is 25.2 Å². The highest BCUT2D eigenvalue weighted by molar-refractivity contribution is 5.21. The summed E-state index contributed by atoms with van der Waals surface area (Å²) in [4.78, 5) is 0. The van der Waals surface area contributed by atoms with Gasteiger partial charge < -0.3 is 25.2 Å². The first-order chi connectivity index (χ1) is 15.6. The number of hydrogen-bond donors (Lipinski definition) is 4. The standard InChI is InChI=1S/C29H50O5/c1-25(2)21(32)11-12-27(5)20-14-17(30)23-16(19-8-9-22(34-19)26(3,4)33)10-13-28(23,6)29(20,7)15-18(31)24(25)27/h16-24,30-33H,8-15H2,1-7H3/t16-,17-,18+,19-,20-,21+,22?,23+,24+,27-,28-,29-/m1/s1. The smallest absolute Gasteiger partial charge is 0.0861 e. The Labute approximate surface area is 206 Å². The van der Waals surface area contributed by atoms with Gasteiger partial charge in [-0.3, -0.25) is 0 Å². The Morgan fingerprint density at radius 3 is 2.12 bits per heavy atom. The van der Waals surface area contributed by atoms with Crippen LogP contribution in [-0.2, 0) is 4.74 Å². The maximum absolute atomic E-state index is 11.8. The number of rotatable bonds is 2. The van der Waals surface area contributed by atoms with Crippen LogP contribution in [0.4, 0.5) is 0 Å². The van der Waals surface area contributed by atoms with Crippen molar-refractivity contribution in [3.8, 4) is 0 Å². The van der Waals surface area contributed by atoms with Gasteiger partial charge >= 0.3 is 0 Å². The first-order valence-electron chi connectivity index (χ1n) is 14.0. The lowest BCUT2D eigenvalue weighted by molar-refractivity contribution is -0.273. The van der Waals surface area contributed by atoms with Crippen LogP contribution in [0.15, 0.2) is 0 Å². The topological polar surface area (TPSA) is 90.2 Å². The fraction of sp³-hybridized carbons (Fsp3) is 1.00. The van der Waals surface area contributed by atoms with Gasteiger partial charge in [-0.15, -0.1) is 0 Å². The van der Waals surface area contributed by atoms with E-state index in [0.717, 1.165) is 51.4 Å². The molecule has 5 nitrogen and oxygen atoms in total. The monoisotopic (exact) mass is 478 g/mol. The summed E-state index contributed by atoms with van der Waals surface area (Å²) >= 11 is 0. The Morgan fingerprint density at radius 1 is 0.824 bits per heavy atom. The summed E-state index contributed by atoms with van der Waals surface area (Å²) in [7, 11) is 0. The minimum atomic E-state index is -0.839. The van der Waals surface area contributed by atoms with E-state index in [2.05, 4.69) is 34.6 Å². The van der Waals surface area contributed by atoms with Crippen molar-refractivity contribution >= 4 is 0 Å². The van der Waals surface area contributed by atoms with E-state index in [1.807, 2.05) is 13.8 Å². The molecular formula is C29H50O5. The Morgan fingerprint density at radius 2 is 1.50 bits per heavy atom. The van der Waals surface area contributed by atoms with Crippen molar-refractivity contribution in [3.05, 3.63) is 0 Å². The zero-order chi connectivity index (χ0) is 25.1. The van der Waals surface area contributed by atoms with E-state index in [1.165, 1.54) is 0 Å². The molecular weight excluding hydrogens is 428 g/mol. The van der Waals surface area contributed by atoms with Crippen LogP contribution in [0.2, 0.25) is 0 Å². The van der Waals surface area contributed by atoms with Crippen LogP contribution in [0.1, 0.15) is 99.8 Å². The number of ether oxygens (including phenoxy) is 1. The van der Waals surface area contributed by atoms with E-state index in [-0.39, 0.29) is 57.9 Å². The first kappa shape index (κ1) is 25.4. The van der Waals surface area contributed by atoms with Crippen LogP contribution < -0.4 is 0 Å². The van der Waals surface area contributed by atoms with Gasteiger partial charge in [0.25, 0.3) is 0 Å². The fourth-order valence-corrected chi connectivity index (χ4v) is 10.9. The highest BCUT2D eigenvalue weighted by Crippen LogP contribution is 2.75. The average molecular weight is 479 g/mol. The molecule has 5 rings (SSSR count). The fourth-order valence-electron chi connectivity index (χ4n) is 10.9. The lowest BCUT2D eigenvalue weighted by Gasteiger charge is -2.71. The molecule has 0 spiro atoms. The minimum Gasteiger partial charge on any atom is -0.393 e. The lowest BCUT2D eigenvalue weighted by atomic mass is 9.34. The van der Waals surface area contributed by atoms with E-state index in [1.54, 1.807) is 0 Å². The van der Waals surface area contributed by atoms with Crippen molar-refractivity contribution in [2.75, 3.05) is 0 Å². The molecule has 5 fully saturated rings. The van der Waals surface area contributed by atoms with Gasteiger partial charge in [-0.2, -0.15) is 0 Å². The van der Waals surface area contributed by atoms with Crippen molar-refractivity contribution in [1.82, 2.24) is 0 Å². The molecule has 4 N–H and O–H groups in total. The van der Waals surface area contributed by atoms with Crippen LogP contribution >= 0.6 is 0 Å². The highest BCUT2D eigenvalue weighted by atomic mass is 16.5. The largest absolute Gasteiger partial charge is 0.393 e. The summed E-state index contributed by atoms with van der Waals surface area (Å²) in [5, 5.41) is 44.9. The summed E-state index contributed by atoms with van der Waals surface area (Å²) in [5.74, 6) is 0.826. The van der Waals surface area contributed by atoms with Crippen LogP contribution in [0, 0.1) is 45.3 Å². The average Bonchev–Trinajstić information content (AvgIpc) is 3.33. The molecule has 5 heteroatoms. The summed E-state index contributed by atoms with van der Waals surface area (Å²) in [6.07, 6.45) is 5.89. The van der Waals surface area contributed by atoms with Crippen LogP contribution in [-0.4, -0.2) is 56.5 Å². The van der Waals surface area contributed by atoms with E-state index in [4.69, 9.17) is 4.74 Å². The SMILES string of the molecule is CC(C)(O)C1CC[C@H]([C@H]2CC[C@]3(C)[C@@H]2[C@H](O)C[C@@H]2[C@@]4(C)CC[C@H](O)C(C)(C)[C@@H]4[C@@H](O)C[C@]23C)O1. The number of aliphatic hydroxyl groups is 4. The van der Waals surface area contributed by atoms with Gasteiger partial charge in [0.2, 0.25) is 0 Å². The highest BCUT2D eigenvalue weighted by Gasteiger charge is 2.72. The van der Waals surface area contributed by atoms with Crippen molar-refractivity contribution in [2.24, 2.45) is 45.3 Å². The van der Waals surface area contributed by atoms with E-state index >= 15 is 0 Å². The van der Waals surface area contributed by atoms with Gasteiger partial charge in [-0.25, -0.2) is 0 Å². The van der Waals surface area contributed by atoms with Crippen LogP contribution in [0.5, 0.6) is 0 Å². The first-order valence-corrected chi connectivity index (χ1v) is 14.0. The molecule has 5 aliphatic rings. The predicted octanol–water partition coefficient (Wildman–Crippen LogP) is 4.29. The summed E-state index contributed by atoms with van der Waals surface area (Å²) in [6.45, 7) is 15.1. The lowest BCUT2D eigenvalue weighted by Crippen LogP contribution is -2.69. The van der Waals surface area contributed by atoms with E-state index in [0.29, 0.717) is 11.8 Å². The van der Waals surface area contributed by atoms with Gasteiger partial charge in [-0.05, 0) is 111 Å². The maximum Gasteiger partial charge on any atom is 0.0861 e. The van der Waals surface area contributed by atoms with Crippen molar-refractivity contribution in [3.63, 3.8) is 0 Å². The van der Waals surface area contributed by atoms with Gasteiger partial charge in [0.1, 0.15) is 0 Å². The Hall–Kier alpha value is -0.200. The van der Waals surface area contributed by atoms with Gasteiger partial charge in [0.15, 0.2) is 0 Å². The second-order valence-corrected chi connectivity index (χ2v) is 14.9.